The monoisotopic (exact) mass is 459 g/mol. The lowest BCUT2D eigenvalue weighted by Crippen LogP contribution is -2.72. The minimum atomic E-state index is -1.33. The summed E-state index contributed by atoms with van der Waals surface area (Å²) in [6.07, 6.45) is 0.156. The molecule has 3 heterocycles. The maximum atomic E-state index is 12.6. The van der Waals surface area contributed by atoms with Crippen molar-refractivity contribution < 1.29 is 29.4 Å². The number of nitrogens with zero attached hydrogens (tertiary/aromatic N) is 3. The number of nitrogens with one attached hydrogen (secondary N) is 1. The van der Waals surface area contributed by atoms with Gasteiger partial charge in [0.2, 0.25) is 0 Å². The molecule has 1 saturated heterocycles. The van der Waals surface area contributed by atoms with Crippen LogP contribution in [0.25, 0.3) is 0 Å². The molecule has 1 aromatic rings. The van der Waals surface area contributed by atoms with Gasteiger partial charge in [-0.1, -0.05) is 16.5 Å². The molecule has 144 valence electrons. The second-order valence-corrected chi connectivity index (χ2v) is 8.03. The molecule has 2 aliphatic heterocycles. The van der Waals surface area contributed by atoms with Crippen molar-refractivity contribution in [2.75, 3.05) is 12.8 Å². The first-order valence-corrected chi connectivity index (χ1v) is 9.16. The third-order valence-electron chi connectivity index (χ3n) is 4.04. The Hall–Kier alpha value is -2.51. The molecule has 2 amide bonds. The number of anilines is 1. The average Bonchev–Trinajstić information content (AvgIpc) is 2.94. The van der Waals surface area contributed by atoms with Crippen molar-refractivity contribution in [2.45, 2.75) is 24.6 Å². The predicted molar refractivity (Wildman–Crippen MR) is 96.7 cm³/mol. The average molecular weight is 460 g/mol. The molecule has 2 aliphatic rings. The molecule has 11 nitrogen and oxygen atoms in total. The van der Waals surface area contributed by atoms with Gasteiger partial charge in [-0.25, -0.2) is 9.78 Å². The van der Waals surface area contributed by atoms with Gasteiger partial charge in [0.15, 0.2) is 10.8 Å². The van der Waals surface area contributed by atoms with Gasteiger partial charge >= 0.3 is 5.97 Å². The number of nitrogen functional groups attached to an aromatic ring is 1. The summed E-state index contributed by atoms with van der Waals surface area (Å²) in [5.41, 5.74) is 5.26. The standard InChI is InChI=1S/C14H14BrN5O6S/c1-26-19-9(8-10(15)27-14(16)18-8)11(22)17-7-5-2-4(21)3-6(13(24)25)20(5)12(7)23/h3-5,7,21H,2H2,1H3,(H2,16,18)(H,17,22)(H,24,25)/t4-,5+,7-/m1/s1. The third-order valence-corrected chi connectivity index (χ3v) is 5.58. The normalized spacial score (nSPS) is 24.6. The fraction of sp³-hybridized carbons (Fsp3) is 0.357. The van der Waals surface area contributed by atoms with Gasteiger partial charge in [0.1, 0.15) is 28.3 Å². The molecule has 0 saturated carbocycles. The van der Waals surface area contributed by atoms with E-state index < -0.39 is 36.0 Å². The first kappa shape index (κ1) is 19.3. The lowest BCUT2D eigenvalue weighted by Gasteiger charge is -2.49. The van der Waals surface area contributed by atoms with Crippen molar-refractivity contribution in [1.82, 2.24) is 15.2 Å². The highest BCUT2D eigenvalue weighted by Crippen LogP contribution is 2.33. The van der Waals surface area contributed by atoms with Crippen LogP contribution in [0.4, 0.5) is 5.13 Å². The van der Waals surface area contributed by atoms with Gasteiger partial charge in [-0.3, -0.25) is 14.5 Å². The number of oxime groups is 1. The van der Waals surface area contributed by atoms with Crippen molar-refractivity contribution >= 4 is 55.9 Å². The van der Waals surface area contributed by atoms with Crippen LogP contribution in [0.15, 0.2) is 20.7 Å². The number of aromatic nitrogens is 1. The lowest BCUT2D eigenvalue weighted by atomic mass is 9.85. The Bertz CT molecular complexity index is 883. The number of hydrogen-bond donors (Lipinski definition) is 4. The van der Waals surface area contributed by atoms with E-state index in [0.29, 0.717) is 3.79 Å². The molecule has 1 fully saturated rings. The quantitative estimate of drug-likeness (QED) is 0.253. The molecule has 0 aromatic carbocycles. The molecular formula is C14H14BrN5O6S. The highest BCUT2D eigenvalue weighted by molar-refractivity contribution is 9.11. The lowest BCUT2D eigenvalue weighted by molar-refractivity contribution is -0.156. The number of hydrogen-bond acceptors (Lipinski definition) is 9. The Morgan fingerprint density at radius 3 is 2.81 bits per heavy atom. The number of nitrogens with two attached hydrogens (primary N) is 1. The highest BCUT2D eigenvalue weighted by Gasteiger charge is 2.53. The number of carboxylic acid groups (broad SMARTS) is 1. The summed E-state index contributed by atoms with van der Waals surface area (Å²) in [6.45, 7) is 0. The van der Waals surface area contributed by atoms with Crippen LogP contribution in [0.3, 0.4) is 0 Å². The number of carboxylic acids is 1. The zero-order valence-corrected chi connectivity index (χ0v) is 16.2. The van der Waals surface area contributed by atoms with Crippen LogP contribution in [-0.4, -0.2) is 68.9 Å². The zero-order valence-electron chi connectivity index (χ0n) is 13.7. The Morgan fingerprint density at radius 2 is 2.26 bits per heavy atom. The van der Waals surface area contributed by atoms with Crippen LogP contribution >= 0.6 is 27.3 Å². The number of rotatable bonds is 5. The van der Waals surface area contributed by atoms with Crippen molar-refractivity contribution in [3.8, 4) is 0 Å². The van der Waals surface area contributed by atoms with Crippen LogP contribution in [0.5, 0.6) is 0 Å². The number of aliphatic carboxylic acids is 1. The number of carbonyl (C=O) groups is 3. The number of thiazole rings is 1. The number of amides is 2. The van der Waals surface area contributed by atoms with Crippen LogP contribution in [0.2, 0.25) is 0 Å². The first-order chi connectivity index (χ1) is 12.7. The van der Waals surface area contributed by atoms with Crippen molar-refractivity contribution in [3.63, 3.8) is 0 Å². The largest absolute Gasteiger partial charge is 0.477 e. The van der Waals surface area contributed by atoms with Gasteiger partial charge in [0, 0.05) is 6.42 Å². The van der Waals surface area contributed by atoms with Crippen molar-refractivity contribution in [3.05, 3.63) is 21.3 Å². The summed E-state index contributed by atoms with van der Waals surface area (Å²) in [4.78, 5) is 46.0. The van der Waals surface area contributed by atoms with Gasteiger partial charge in [-0.2, -0.15) is 0 Å². The number of aliphatic hydroxyl groups is 1. The Morgan fingerprint density at radius 1 is 1.56 bits per heavy atom. The van der Waals surface area contributed by atoms with E-state index in [1.807, 2.05) is 0 Å². The van der Waals surface area contributed by atoms with Crippen molar-refractivity contribution in [1.29, 1.82) is 0 Å². The topological polar surface area (TPSA) is 167 Å². The van der Waals surface area contributed by atoms with Crippen LogP contribution in [0, 0.1) is 0 Å². The molecule has 0 radical (unpaired) electrons. The maximum Gasteiger partial charge on any atom is 0.352 e. The zero-order chi connectivity index (χ0) is 19.9. The number of aliphatic hydroxyl groups excluding tert-OH is 1. The minimum Gasteiger partial charge on any atom is -0.477 e. The molecule has 3 atom stereocenters. The number of carbonyl (C=O) groups excluding carboxylic acids is 2. The Labute approximate surface area is 164 Å². The van der Waals surface area contributed by atoms with Crippen molar-refractivity contribution in [2.24, 2.45) is 5.16 Å². The molecule has 0 unspecified atom stereocenters. The van der Waals surface area contributed by atoms with E-state index in [1.165, 1.54) is 7.11 Å². The summed E-state index contributed by atoms with van der Waals surface area (Å²) < 4.78 is 0.455. The summed E-state index contributed by atoms with van der Waals surface area (Å²) >= 11 is 4.32. The smallest absolute Gasteiger partial charge is 0.352 e. The minimum absolute atomic E-state index is 0.0948. The fourth-order valence-corrected chi connectivity index (χ4v) is 4.28. The molecule has 0 spiro atoms. The van der Waals surface area contributed by atoms with Gasteiger partial charge in [-0.05, 0) is 22.0 Å². The van der Waals surface area contributed by atoms with E-state index in [0.717, 1.165) is 22.3 Å². The maximum absolute atomic E-state index is 12.6. The van der Waals surface area contributed by atoms with Gasteiger partial charge in [0.25, 0.3) is 11.8 Å². The first-order valence-electron chi connectivity index (χ1n) is 7.55. The Balaban J connectivity index is 1.81. The number of halogens is 1. The van der Waals surface area contributed by atoms with Gasteiger partial charge < -0.3 is 26.1 Å². The molecule has 0 aliphatic carbocycles. The van der Waals surface area contributed by atoms with E-state index in [9.17, 15) is 24.6 Å². The van der Waals surface area contributed by atoms with Crippen LogP contribution < -0.4 is 11.1 Å². The molecule has 3 rings (SSSR count). The second kappa shape index (κ2) is 7.25. The summed E-state index contributed by atoms with van der Waals surface area (Å²) in [7, 11) is 1.24. The van der Waals surface area contributed by atoms with E-state index in [-0.39, 0.29) is 28.7 Å². The van der Waals surface area contributed by atoms with Gasteiger partial charge in [-0.15, -0.1) is 0 Å². The summed E-state index contributed by atoms with van der Waals surface area (Å²) in [6, 6.07) is -1.69. The van der Waals surface area contributed by atoms with Gasteiger partial charge in [0.05, 0.1) is 12.1 Å². The molecule has 1 aromatic heterocycles. The summed E-state index contributed by atoms with van der Waals surface area (Å²) in [5.74, 6) is -2.68. The summed E-state index contributed by atoms with van der Waals surface area (Å²) in [5, 5.41) is 25.4. The fourth-order valence-electron chi connectivity index (χ4n) is 2.95. The molecule has 5 N–H and O–H groups in total. The molecule has 13 heteroatoms. The van der Waals surface area contributed by atoms with Crippen LogP contribution in [0.1, 0.15) is 12.1 Å². The number of β-lactam (4-membered cyclic amide) rings is 1. The van der Waals surface area contributed by atoms with E-state index in [1.54, 1.807) is 0 Å². The molecular weight excluding hydrogens is 446 g/mol. The van der Waals surface area contributed by atoms with E-state index in [4.69, 9.17) is 5.73 Å². The predicted octanol–water partition coefficient (Wildman–Crippen LogP) is -0.733. The molecule has 27 heavy (non-hydrogen) atoms. The number of fused-ring (bicyclic) bond motifs is 1. The highest BCUT2D eigenvalue weighted by atomic mass is 79.9. The molecule has 0 bridgehead atoms. The second-order valence-electron chi connectivity index (χ2n) is 5.68. The SMILES string of the molecule is CON=C(C(=O)N[C@H]1C(=O)N2C(C(=O)O)=C[C@H](O)C[C@@H]12)c1nc(N)sc1Br. The van der Waals surface area contributed by atoms with E-state index in [2.05, 4.69) is 36.2 Å². The van der Waals surface area contributed by atoms with Crippen LogP contribution in [-0.2, 0) is 19.2 Å². The third kappa shape index (κ3) is 3.40. The van der Waals surface area contributed by atoms with E-state index >= 15 is 0 Å². The Kier molecular flexibility index (Phi) is 5.17.